The largest absolute Gasteiger partial charge is 0.483 e. The van der Waals surface area contributed by atoms with Crippen molar-refractivity contribution in [2.75, 3.05) is 31.5 Å². The summed E-state index contributed by atoms with van der Waals surface area (Å²) < 4.78 is 45.2. The van der Waals surface area contributed by atoms with Crippen LogP contribution in [-0.2, 0) is 19.6 Å². The van der Waals surface area contributed by atoms with E-state index in [0.29, 0.717) is 49.7 Å². The van der Waals surface area contributed by atoms with Crippen molar-refractivity contribution in [1.29, 1.82) is 5.41 Å². The van der Waals surface area contributed by atoms with Gasteiger partial charge < -0.3 is 25.5 Å². The highest BCUT2D eigenvalue weighted by molar-refractivity contribution is 7.85. The second kappa shape index (κ2) is 10.4. The molecule has 1 aromatic rings. The van der Waals surface area contributed by atoms with Gasteiger partial charge in [-0.3, -0.25) is 4.79 Å². The quantitative estimate of drug-likeness (QED) is 0.240. The zero-order chi connectivity index (χ0) is 25.1. The standard InChI is InChI=1S/C23H33FN4O5S/c1-16(2)34(31,32)28-11-9-27(10-12-28)20(15-25)21(33-19-7-8-23(3,30)14-19)22(29)26-18-6-4-5-17(24)13-18/h4-6,13,15-16,19,25,30H,7-12,14H2,1-3H3,(H,26,29)/p+1/b21-20-,25-15?. The van der Waals surface area contributed by atoms with E-state index in [1.807, 2.05) is 0 Å². The van der Waals surface area contributed by atoms with Gasteiger partial charge in [0.1, 0.15) is 36.0 Å². The molecule has 2 unspecified atom stereocenters. The summed E-state index contributed by atoms with van der Waals surface area (Å²) >= 11 is 0. The van der Waals surface area contributed by atoms with E-state index in [0.717, 1.165) is 6.21 Å². The van der Waals surface area contributed by atoms with E-state index in [-0.39, 0.29) is 17.1 Å². The lowest BCUT2D eigenvalue weighted by Gasteiger charge is -2.34. The predicted molar refractivity (Wildman–Crippen MR) is 127 cm³/mol. The molecule has 0 aromatic heterocycles. The Labute approximate surface area is 200 Å². The Hall–Kier alpha value is -2.50. The van der Waals surface area contributed by atoms with Crippen molar-refractivity contribution in [3.63, 3.8) is 0 Å². The molecule has 188 valence electrons. The van der Waals surface area contributed by atoms with Gasteiger partial charge in [-0.05, 0) is 51.8 Å². The molecule has 2 aliphatic rings. The molecule has 3 rings (SSSR count). The maximum Gasteiger partial charge on any atom is 0.297 e. The van der Waals surface area contributed by atoms with Crippen molar-refractivity contribution in [2.24, 2.45) is 0 Å². The van der Waals surface area contributed by atoms with E-state index in [1.165, 1.54) is 18.2 Å². The first-order valence-corrected chi connectivity index (χ1v) is 13.0. The number of hydrogen-bond acceptors (Lipinski definition) is 7. The third-order valence-corrected chi connectivity index (χ3v) is 8.75. The Morgan fingerprint density at radius 1 is 1.38 bits per heavy atom. The summed E-state index contributed by atoms with van der Waals surface area (Å²) in [6.07, 6.45) is 1.99. The van der Waals surface area contributed by atoms with E-state index in [9.17, 15) is 22.7 Å². The predicted octanol–water partition coefficient (Wildman–Crippen LogP) is 0.884. The molecule has 2 atom stereocenters. The molecule has 1 aromatic carbocycles. The molecule has 1 heterocycles. The zero-order valence-corrected chi connectivity index (χ0v) is 20.6. The van der Waals surface area contributed by atoms with Crippen LogP contribution in [0, 0.1) is 11.2 Å². The van der Waals surface area contributed by atoms with Gasteiger partial charge in [-0.1, -0.05) is 6.07 Å². The molecule has 34 heavy (non-hydrogen) atoms. The van der Waals surface area contributed by atoms with Gasteiger partial charge in [-0.15, -0.1) is 0 Å². The molecule has 1 aliphatic carbocycles. The maximum atomic E-state index is 13.6. The number of sulfonamides is 1. The van der Waals surface area contributed by atoms with Gasteiger partial charge in [0.25, 0.3) is 15.9 Å². The van der Waals surface area contributed by atoms with Crippen LogP contribution in [0.1, 0.15) is 40.0 Å². The smallest absolute Gasteiger partial charge is 0.297 e. The summed E-state index contributed by atoms with van der Waals surface area (Å²) in [5.74, 6) is -1.24. The molecule has 4 N–H and O–H groups in total. The van der Waals surface area contributed by atoms with Gasteiger partial charge in [0, 0.05) is 18.3 Å². The lowest BCUT2D eigenvalue weighted by Crippen LogP contribution is -3.17. The number of nitrogens with one attached hydrogen (secondary N) is 3. The van der Waals surface area contributed by atoms with Gasteiger partial charge >= 0.3 is 0 Å². The third kappa shape index (κ3) is 6.13. The van der Waals surface area contributed by atoms with Gasteiger partial charge in [0.2, 0.25) is 5.76 Å². The van der Waals surface area contributed by atoms with Crippen LogP contribution in [0.4, 0.5) is 10.1 Å². The van der Waals surface area contributed by atoms with Gasteiger partial charge in [0.05, 0.1) is 18.7 Å². The summed E-state index contributed by atoms with van der Waals surface area (Å²) in [5, 5.41) is 20.5. The first-order valence-electron chi connectivity index (χ1n) is 11.5. The number of anilines is 1. The van der Waals surface area contributed by atoms with E-state index < -0.39 is 38.7 Å². The SMILES string of the molecule is CC(C)S(=O)(=O)[NH+]1CCN(/C(C=N)=C(\OC2CCC(C)(O)C2)C(=O)Nc2cccc(F)c2)CC1. The van der Waals surface area contributed by atoms with Crippen molar-refractivity contribution in [3.05, 3.63) is 41.5 Å². The number of quaternary nitrogens is 1. The fourth-order valence-corrected chi connectivity index (χ4v) is 5.75. The van der Waals surface area contributed by atoms with E-state index in [4.69, 9.17) is 10.1 Å². The second-order valence-corrected chi connectivity index (χ2v) is 12.0. The van der Waals surface area contributed by atoms with Crippen molar-refractivity contribution in [2.45, 2.75) is 57.0 Å². The van der Waals surface area contributed by atoms with Crippen LogP contribution in [0.25, 0.3) is 0 Å². The lowest BCUT2D eigenvalue weighted by atomic mass is 10.1. The molecule has 0 spiro atoms. The van der Waals surface area contributed by atoms with Gasteiger partial charge in [0.15, 0.2) is 0 Å². The van der Waals surface area contributed by atoms with Gasteiger partial charge in [-0.2, -0.15) is 8.42 Å². The summed E-state index contributed by atoms with van der Waals surface area (Å²) in [7, 11) is -3.33. The Morgan fingerprint density at radius 2 is 2.06 bits per heavy atom. The van der Waals surface area contributed by atoms with E-state index in [1.54, 1.807) is 31.7 Å². The topological polar surface area (TPSA) is 124 Å². The minimum atomic E-state index is -3.33. The Kier molecular flexibility index (Phi) is 7.99. The fourth-order valence-electron chi connectivity index (χ4n) is 4.33. The van der Waals surface area contributed by atoms with E-state index in [2.05, 4.69) is 5.32 Å². The van der Waals surface area contributed by atoms with Crippen LogP contribution in [0.2, 0.25) is 0 Å². The van der Waals surface area contributed by atoms with Crippen molar-refractivity contribution < 1.29 is 31.8 Å². The Morgan fingerprint density at radius 3 is 2.59 bits per heavy atom. The zero-order valence-electron chi connectivity index (χ0n) is 19.8. The number of benzene rings is 1. The van der Waals surface area contributed by atoms with Crippen LogP contribution >= 0.6 is 0 Å². The molecule has 0 bridgehead atoms. The fraction of sp³-hybridized carbons (Fsp3) is 0.565. The van der Waals surface area contributed by atoms with Crippen LogP contribution in [0.3, 0.4) is 0 Å². The minimum Gasteiger partial charge on any atom is -0.483 e. The maximum absolute atomic E-state index is 13.6. The van der Waals surface area contributed by atoms with Crippen LogP contribution < -0.4 is 9.62 Å². The molecule has 1 amide bonds. The molecule has 9 nitrogen and oxygen atoms in total. The highest BCUT2D eigenvalue weighted by Gasteiger charge is 2.38. The van der Waals surface area contributed by atoms with Crippen molar-refractivity contribution in [1.82, 2.24) is 4.90 Å². The monoisotopic (exact) mass is 497 g/mol. The first-order chi connectivity index (χ1) is 15.9. The second-order valence-electron chi connectivity index (χ2n) is 9.42. The number of aliphatic hydroxyl groups is 1. The summed E-state index contributed by atoms with van der Waals surface area (Å²) in [5.41, 5.74) is -0.438. The number of carbonyl (C=O) groups excluding carboxylic acids is 1. The number of carbonyl (C=O) groups is 1. The van der Waals surface area contributed by atoms with Crippen LogP contribution in [0.15, 0.2) is 35.7 Å². The number of hydrogen-bond donors (Lipinski definition) is 4. The molecular formula is C23H34FN4O5S+. The average molecular weight is 498 g/mol. The lowest BCUT2D eigenvalue weighted by molar-refractivity contribution is -0.773. The van der Waals surface area contributed by atoms with Crippen molar-refractivity contribution in [3.8, 4) is 0 Å². The normalized spacial score (nSPS) is 24.6. The van der Waals surface area contributed by atoms with E-state index >= 15 is 0 Å². The van der Waals surface area contributed by atoms with Gasteiger partial charge in [-0.25, -0.2) is 8.70 Å². The number of allylic oxidation sites excluding steroid dienone is 1. The molecule has 2 fully saturated rings. The first kappa shape index (κ1) is 26.1. The molecular weight excluding hydrogens is 463 g/mol. The number of nitrogens with zero attached hydrogens (tertiary/aromatic N) is 1. The number of rotatable bonds is 8. The summed E-state index contributed by atoms with van der Waals surface area (Å²) in [6, 6.07) is 5.46. The Bertz CT molecular complexity index is 1050. The highest BCUT2D eigenvalue weighted by atomic mass is 32.2. The number of ether oxygens (including phenoxy) is 1. The number of piperazine rings is 1. The Balaban J connectivity index is 1.86. The third-order valence-electron chi connectivity index (χ3n) is 6.30. The highest BCUT2D eigenvalue weighted by Crippen LogP contribution is 2.33. The number of amides is 1. The average Bonchev–Trinajstić information content (AvgIpc) is 3.12. The molecule has 11 heteroatoms. The van der Waals surface area contributed by atoms with Crippen molar-refractivity contribution >= 4 is 27.8 Å². The molecule has 1 aliphatic heterocycles. The number of halogens is 1. The van der Waals surface area contributed by atoms with Crippen LogP contribution in [-0.4, -0.2) is 73.7 Å². The molecule has 1 saturated carbocycles. The molecule has 0 radical (unpaired) electrons. The minimum absolute atomic E-state index is 0.0999. The summed E-state index contributed by atoms with van der Waals surface area (Å²) in [4.78, 5) is 15.0. The molecule has 1 saturated heterocycles. The van der Waals surface area contributed by atoms with Crippen LogP contribution in [0.5, 0.6) is 0 Å². The summed E-state index contributed by atoms with van der Waals surface area (Å²) in [6.45, 7) is 6.24.